The molecule has 29 heavy (non-hydrogen) atoms. The Hall–Kier alpha value is -4.14. The van der Waals surface area contributed by atoms with Crippen LogP contribution >= 0.6 is 0 Å². The summed E-state index contributed by atoms with van der Waals surface area (Å²) in [5.41, 5.74) is 3.09. The molecule has 3 aromatic rings. The summed E-state index contributed by atoms with van der Waals surface area (Å²) in [5.74, 6) is -4.09. The second-order valence-corrected chi connectivity index (χ2v) is 5.98. The first-order valence-electron chi connectivity index (χ1n) is 8.29. The Kier molecular flexibility index (Phi) is 5.31. The lowest BCUT2D eigenvalue weighted by molar-refractivity contribution is 0.0695. The average Bonchev–Trinajstić information content (AvgIpc) is 2.66. The van der Waals surface area contributed by atoms with Crippen molar-refractivity contribution in [3.05, 3.63) is 81.4 Å². The van der Waals surface area contributed by atoms with Gasteiger partial charge in [0, 0.05) is 16.7 Å². The van der Waals surface area contributed by atoms with Crippen molar-refractivity contribution in [1.82, 2.24) is 4.98 Å². The number of hydrogen-bond acceptors (Lipinski definition) is 5. The zero-order chi connectivity index (χ0) is 21.1. The van der Waals surface area contributed by atoms with E-state index in [-0.39, 0.29) is 23.5 Å². The Morgan fingerprint density at radius 2 is 1.62 bits per heavy atom. The summed E-state index contributed by atoms with van der Waals surface area (Å²) in [7, 11) is 0. The number of nitrogen functional groups attached to an aromatic ring is 1. The van der Waals surface area contributed by atoms with Crippen LogP contribution in [0.4, 0.5) is 10.2 Å². The fourth-order valence-electron chi connectivity index (χ4n) is 2.89. The van der Waals surface area contributed by atoms with E-state index in [1.54, 1.807) is 12.1 Å². The van der Waals surface area contributed by atoms with E-state index in [0.717, 1.165) is 0 Å². The fraction of sp³-hybridized carbons (Fsp3) is 0.0500. The van der Waals surface area contributed by atoms with Gasteiger partial charge in [-0.1, -0.05) is 36.4 Å². The number of H-pyrrole nitrogens is 1. The highest BCUT2D eigenvalue weighted by atomic mass is 19.1. The second-order valence-electron chi connectivity index (χ2n) is 5.98. The average molecular weight is 398 g/mol. The number of carboxylic acid groups (broad SMARTS) is 2. The minimum absolute atomic E-state index is 0.0245. The highest BCUT2D eigenvalue weighted by Crippen LogP contribution is 2.36. The number of aromatic amines is 1. The van der Waals surface area contributed by atoms with Gasteiger partial charge >= 0.3 is 11.9 Å². The van der Waals surface area contributed by atoms with Crippen LogP contribution < -0.4 is 16.0 Å². The van der Waals surface area contributed by atoms with Gasteiger partial charge in [-0.25, -0.2) is 14.0 Å². The van der Waals surface area contributed by atoms with E-state index in [1.165, 1.54) is 36.4 Å². The van der Waals surface area contributed by atoms with Crippen LogP contribution in [0, 0.1) is 5.82 Å². The normalized spacial score (nSPS) is 10.5. The van der Waals surface area contributed by atoms with E-state index in [4.69, 9.17) is 10.5 Å². The lowest BCUT2D eigenvalue weighted by Gasteiger charge is -2.16. The number of ether oxygens (including phenoxy) is 1. The molecule has 0 aliphatic carbocycles. The third-order valence-electron chi connectivity index (χ3n) is 4.17. The first kappa shape index (κ1) is 19.6. The SMILES string of the molecule is Nc1[nH]c(=O)c(C(=O)O)c(-c2ccccc2OCc2ccccc2F)c1C(=O)O. The van der Waals surface area contributed by atoms with Crippen molar-refractivity contribution >= 4 is 17.8 Å². The monoisotopic (exact) mass is 398 g/mol. The molecule has 0 saturated carbocycles. The van der Waals surface area contributed by atoms with Crippen LogP contribution in [0.2, 0.25) is 0 Å². The number of pyridine rings is 1. The predicted octanol–water partition coefficient (Wildman–Crippen LogP) is 2.74. The van der Waals surface area contributed by atoms with E-state index in [2.05, 4.69) is 0 Å². The molecule has 0 saturated heterocycles. The number of nitrogens with one attached hydrogen (secondary N) is 1. The number of aromatic nitrogens is 1. The molecule has 0 bridgehead atoms. The van der Waals surface area contributed by atoms with Gasteiger partial charge in [-0.05, 0) is 12.1 Å². The van der Waals surface area contributed by atoms with Crippen molar-refractivity contribution in [2.45, 2.75) is 6.61 Å². The molecule has 1 heterocycles. The Balaban J connectivity index is 2.20. The van der Waals surface area contributed by atoms with Crippen LogP contribution in [0.15, 0.2) is 53.3 Å². The van der Waals surface area contributed by atoms with Crippen LogP contribution in [-0.2, 0) is 6.61 Å². The van der Waals surface area contributed by atoms with Gasteiger partial charge in [0.1, 0.15) is 35.1 Å². The molecule has 5 N–H and O–H groups in total. The third kappa shape index (κ3) is 3.79. The number of rotatable bonds is 6. The zero-order valence-electron chi connectivity index (χ0n) is 14.8. The van der Waals surface area contributed by atoms with Crippen molar-refractivity contribution < 1.29 is 28.9 Å². The number of anilines is 1. The van der Waals surface area contributed by atoms with Crippen molar-refractivity contribution in [3.8, 4) is 16.9 Å². The molecule has 9 heteroatoms. The minimum atomic E-state index is -1.63. The summed E-state index contributed by atoms with van der Waals surface area (Å²) in [4.78, 5) is 37.7. The molecule has 2 aromatic carbocycles. The summed E-state index contributed by atoms with van der Waals surface area (Å²) >= 11 is 0. The fourth-order valence-corrected chi connectivity index (χ4v) is 2.89. The molecule has 3 rings (SSSR count). The van der Waals surface area contributed by atoms with Crippen LogP contribution in [0.3, 0.4) is 0 Å². The predicted molar refractivity (Wildman–Crippen MR) is 102 cm³/mol. The first-order valence-corrected chi connectivity index (χ1v) is 8.29. The summed E-state index contributed by atoms with van der Waals surface area (Å²) in [6, 6.07) is 11.8. The Morgan fingerprint density at radius 3 is 2.28 bits per heavy atom. The summed E-state index contributed by atoms with van der Waals surface area (Å²) in [6.07, 6.45) is 0. The number of carboxylic acids is 2. The molecule has 1 aromatic heterocycles. The van der Waals surface area contributed by atoms with Crippen molar-refractivity contribution in [2.24, 2.45) is 0 Å². The number of para-hydroxylation sites is 1. The van der Waals surface area contributed by atoms with Gasteiger partial charge < -0.3 is 25.7 Å². The summed E-state index contributed by atoms with van der Waals surface area (Å²) < 4.78 is 19.5. The quantitative estimate of drug-likeness (QED) is 0.500. The second kappa shape index (κ2) is 7.85. The van der Waals surface area contributed by atoms with Crippen LogP contribution in [0.5, 0.6) is 5.75 Å². The third-order valence-corrected chi connectivity index (χ3v) is 4.17. The molecule has 0 radical (unpaired) electrons. The molecule has 8 nitrogen and oxygen atoms in total. The maximum absolute atomic E-state index is 13.9. The van der Waals surface area contributed by atoms with Crippen molar-refractivity contribution in [1.29, 1.82) is 0 Å². The smallest absolute Gasteiger partial charge is 0.342 e. The van der Waals surface area contributed by atoms with E-state index < -0.39 is 45.8 Å². The van der Waals surface area contributed by atoms with Gasteiger partial charge in [0.2, 0.25) is 0 Å². The van der Waals surface area contributed by atoms with Crippen molar-refractivity contribution in [3.63, 3.8) is 0 Å². The maximum Gasteiger partial charge on any atom is 0.342 e. The minimum Gasteiger partial charge on any atom is -0.488 e. The van der Waals surface area contributed by atoms with Gasteiger partial charge in [0.15, 0.2) is 0 Å². The molecular weight excluding hydrogens is 383 g/mol. The lowest BCUT2D eigenvalue weighted by Crippen LogP contribution is -2.24. The molecule has 0 aliphatic heterocycles. The van der Waals surface area contributed by atoms with Gasteiger partial charge in [0.05, 0.1) is 0 Å². The van der Waals surface area contributed by atoms with E-state index >= 15 is 0 Å². The summed E-state index contributed by atoms with van der Waals surface area (Å²) in [5, 5.41) is 19.1. The number of hydrogen-bond donors (Lipinski definition) is 4. The van der Waals surface area contributed by atoms with Gasteiger partial charge in [-0.3, -0.25) is 4.79 Å². The lowest BCUT2D eigenvalue weighted by atomic mass is 9.94. The molecule has 0 aliphatic rings. The van der Waals surface area contributed by atoms with Gasteiger partial charge in [0.25, 0.3) is 5.56 Å². The Labute approximate surface area is 163 Å². The maximum atomic E-state index is 13.9. The Morgan fingerprint density at radius 1 is 1.00 bits per heavy atom. The van der Waals surface area contributed by atoms with E-state index in [0.29, 0.717) is 0 Å². The van der Waals surface area contributed by atoms with Crippen LogP contribution in [0.1, 0.15) is 26.3 Å². The number of halogens is 1. The number of carbonyl (C=O) groups is 2. The largest absolute Gasteiger partial charge is 0.488 e. The molecule has 0 atom stereocenters. The van der Waals surface area contributed by atoms with E-state index in [9.17, 15) is 29.0 Å². The topological polar surface area (TPSA) is 143 Å². The molecule has 148 valence electrons. The van der Waals surface area contributed by atoms with Gasteiger partial charge in [-0.15, -0.1) is 0 Å². The number of nitrogens with two attached hydrogens (primary N) is 1. The van der Waals surface area contributed by atoms with E-state index in [1.807, 2.05) is 4.98 Å². The highest BCUT2D eigenvalue weighted by molar-refractivity contribution is 6.08. The molecule has 0 unspecified atom stereocenters. The Bertz CT molecular complexity index is 1170. The molecule has 0 spiro atoms. The zero-order valence-corrected chi connectivity index (χ0v) is 14.8. The van der Waals surface area contributed by atoms with Crippen LogP contribution in [-0.4, -0.2) is 27.1 Å². The molecule has 0 amide bonds. The van der Waals surface area contributed by atoms with Crippen molar-refractivity contribution in [2.75, 3.05) is 5.73 Å². The number of benzene rings is 2. The molecule has 0 fully saturated rings. The van der Waals surface area contributed by atoms with Crippen LogP contribution in [0.25, 0.3) is 11.1 Å². The first-order chi connectivity index (χ1) is 13.8. The highest BCUT2D eigenvalue weighted by Gasteiger charge is 2.28. The van der Waals surface area contributed by atoms with Gasteiger partial charge in [-0.2, -0.15) is 0 Å². The number of aromatic carboxylic acids is 2. The summed E-state index contributed by atoms with van der Waals surface area (Å²) in [6.45, 7) is -0.201. The standard InChI is InChI=1S/C20H15FN2O6/c21-12-7-3-1-5-10(12)9-29-13-8-4-2-6-11(13)14-15(19(25)26)17(22)23-18(24)16(14)20(27)28/h1-8H,9H2,(H,25,26)(H,27,28)(H3,22,23,24). The molecular formula is C20H15FN2O6.